The van der Waals surface area contributed by atoms with Crippen molar-refractivity contribution in [2.24, 2.45) is 0 Å². The van der Waals surface area contributed by atoms with Crippen LogP contribution in [0.1, 0.15) is 5.56 Å². The van der Waals surface area contributed by atoms with E-state index in [0.717, 1.165) is 18.7 Å². The van der Waals surface area contributed by atoms with Gasteiger partial charge < -0.3 is 5.32 Å². The number of rotatable bonds is 2. The van der Waals surface area contributed by atoms with Gasteiger partial charge in [-0.05, 0) is 23.9 Å². The zero-order valence-electron chi connectivity index (χ0n) is 8.56. The van der Waals surface area contributed by atoms with E-state index >= 15 is 0 Å². The Morgan fingerprint density at radius 3 is 2.60 bits per heavy atom. The topological polar surface area (TPSA) is 49.4 Å². The Morgan fingerprint density at radius 1 is 1.40 bits per heavy atom. The molecule has 1 aliphatic rings. The molecule has 1 saturated heterocycles. The molecule has 0 saturated carbocycles. The van der Waals surface area contributed by atoms with E-state index in [1.807, 2.05) is 18.4 Å². The van der Waals surface area contributed by atoms with Crippen LogP contribution in [0.4, 0.5) is 0 Å². The summed E-state index contributed by atoms with van der Waals surface area (Å²) in [6.07, 6.45) is 0. The van der Waals surface area contributed by atoms with Crippen molar-refractivity contribution in [1.82, 2.24) is 9.62 Å². The third-order valence-electron chi connectivity index (χ3n) is 2.47. The van der Waals surface area contributed by atoms with Crippen LogP contribution in [0, 0.1) is 6.92 Å². The van der Waals surface area contributed by atoms with Gasteiger partial charge in [0.2, 0.25) is 0 Å². The van der Waals surface area contributed by atoms with Gasteiger partial charge in [-0.2, -0.15) is 4.31 Å². The lowest BCUT2D eigenvalue weighted by molar-refractivity contribution is 0.361. The fourth-order valence-corrected chi connectivity index (χ4v) is 4.62. The van der Waals surface area contributed by atoms with E-state index in [4.69, 9.17) is 0 Å². The van der Waals surface area contributed by atoms with Crippen LogP contribution in [0.25, 0.3) is 0 Å². The first-order valence-electron chi connectivity index (χ1n) is 4.87. The Kier molecular flexibility index (Phi) is 3.11. The van der Waals surface area contributed by atoms with Gasteiger partial charge in [-0.3, -0.25) is 0 Å². The van der Waals surface area contributed by atoms with Crippen molar-refractivity contribution in [3.63, 3.8) is 0 Å². The zero-order chi connectivity index (χ0) is 10.9. The van der Waals surface area contributed by atoms with E-state index in [1.54, 1.807) is 4.31 Å². The van der Waals surface area contributed by atoms with Crippen LogP contribution < -0.4 is 5.32 Å². The SMILES string of the molecule is Cc1ccsc1S(=O)(=O)N1CCNCC1. The van der Waals surface area contributed by atoms with Gasteiger partial charge >= 0.3 is 0 Å². The first-order chi connectivity index (χ1) is 7.12. The van der Waals surface area contributed by atoms with Crippen LogP contribution in [-0.4, -0.2) is 38.9 Å². The van der Waals surface area contributed by atoms with Crippen molar-refractivity contribution in [2.75, 3.05) is 26.2 Å². The molecule has 15 heavy (non-hydrogen) atoms. The highest BCUT2D eigenvalue weighted by Gasteiger charge is 2.27. The highest BCUT2D eigenvalue weighted by atomic mass is 32.2. The molecule has 0 radical (unpaired) electrons. The maximum atomic E-state index is 12.2. The third kappa shape index (κ3) is 2.08. The maximum Gasteiger partial charge on any atom is 0.252 e. The summed E-state index contributed by atoms with van der Waals surface area (Å²) in [4.78, 5) is 0. The Morgan fingerprint density at radius 2 is 2.07 bits per heavy atom. The largest absolute Gasteiger partial charge is 0.314 e. The van der Waals surface area contributed by atoms with E-state index < -0.39 is 10.0 Å². The fraction of sp³-hybridized carbons (Fsp3) is 0.556. The molecular formula is C9H14N2O2S2. The van der Waals surface area contributed by atoms with Crippen molar-refractivity contribution in [3.8, 4) is 0 Å². The lowest BCUT2D eigenvalue weighted by Crippen LogP contribution is -2.46. The summed E-state index contributed by atoms with van der Waals surface area (Å²) in [5.74, 6) is 0. The number of nitrogens with one attached hydrogen (secondary N) is 1. The van der Waals surface area contributed by atoms with Crippen molar-refractivity contribution in [3.05, 3.63) is 17.0 Å². The third-order valence-corrected chi connectivity index (χ3v) is 6.03. The molecule has 0 unspecified atom stereocenters. The molecule has 2 rings (SSSR count). The minimum absolute atomic E-state index is 0.490. The van der Waals surface area contributed by atoms with Crippen molar-refractivity contribution >= 4 is 21.4 Å². The second-order valence-corrected chi connectivity index (χ2v) is 6.59. The molecular weight excluding hydrogens is 232 g/mol. The van der Waals surface area contributed by atoms with Gasteiger partial charge in [-0.15, -0.1) is 11.3 Å². The molecule has 1 N–H and O–H groups in total. The summed E-state index contributed by atoms with van der Waals surface area (Å²) in [6.45, 7) is 4.46. The number of thiophene rings is 1. The Bertz CT molecular complexity index is 433. The number of piperazine rings is 1. The summed E-state index contributed by atoms with van der Waals surface area (Å²) in [7, 11) is -3.24. The van der Waals surface area contributed by atoms with E-state index in [9.17, 15) is 8.42 Å². The second-order valence-electron chi connectivity index (χ2n) is 3.55. The van der Waals surface area contributed by atoms with Crippen molar-refractivity contribution < 1.29 is 8.42 Å². The standard InChI is InChI=1S/C9H14N2O2S2/c1-8-2-7-14-9(8)15(12,13)11-5-3-10-4-6-11/h2,7,10H,3-6H2,1H3. The monoisotopic (exact) mass is 246 g/mol. The summed E-state index contributed by atoms with van der Waals surface area (Å²) >= 11 is 1.30. The van der Waals surface area contributed by atoms with E-state index in [1.165, 1.54) is 11.3 Å². The Labute approximate surface area is 94.0 Å². The van der Waals surface area contributed by atoms with E-state index in [2.05, 4.69) is 5.32 Å². The van der Waals surface area contributed by atoms with E-state index in [-0.39, 0.29) is 0 Å². The summed E-state index contributed by atoms with van der Waals surface area (Å²) in [5.41, 5.74) is 0.846. The molecule has 0 atom stereocenters. The number of hydrogen-bond donors (Lipinski definition) is 1. The molecule has 6 heteroatoms. The molecule has 1 aromatic rings. The number of hydrogen-bond acceptors (Lipinski definition) is 4. The first kappa shape index (κ1) is 11.1. The molecule has 0 spiro atoms. The van der Waals surface area contributed by atoms with E-state index in [0.29, 0.717) is 17.3 Å². The van der Waals surface area contributed by atoms with Crippen LogP contribution in [0.15, 0.2) is 15.7 Å². The lowest BCUT2D eigenvalue weighted by atomic mass is 10.4. The minimum Gasteiger partial charge on any atom is -0.314 e. The fourth-order valence-electron chi connectivity index (χ4n) is 1.63. The van der Waals surface area contributed by atoms with Gasteiger partial charge in [0.05, 0.1) is 0 Å². The second kappa shape index (κ2) is 4.21. The van der Waals surface area contributed by atoms with Crippen LogP contribution >= 0.6 is 11.3 Å². The van der Waals surface area contributed by atoms with Gasteiger partial charge in [0.1, 0.15) is 4.21 Å². The molecule has 1 aromatic heterocycles. The summed E-state index contributed by atoms with van der Waals surface area (Å²) in [5, 5.41) is 4.97. The lowest BCUT2D eigenvalue weighted by Gasteiger charge is -2.26. The van der Waals surface area contributed by atoms with Gasteiger partial charge in [0.15, 0.2) is 0 Å². The van der Waals surface area contributed by atoms with Crippen molar-refractivity contribution in [1.29, 1.82) is 0 Å². The normalized spacial score (nSPS) is 19.3. The first-order valence-corrected chi connectivity index (χ1v) is 7.19. The molecule has 0 aliphatic carbocycles. The molecule has 0 amide bonds. The van der Waals surface area contributed by atoms with Gasteiger partial charge in [0, 0.05) is 26.2 Å². The smallest absolute Gasteiger partial charge is 0.252 e. The van der Waals surface area contributed by atoms with Crippen molar-refractivity contribution in [2.45, 2.75) is 11.1 Å². The molecule has 1 aliphatic heterocycles. The van der Waals surface area contributed by atoms with Crippen LogP contribution in [0.5, 0.6) is 0 Å². The van der Waals surface area contributed by atoms with Gasteiger partial charge in [-0.1, -0.05) is 0 Å². The molecule has 4 nitrogen and oxygen atoms in total. The average Bonchev–Trinajstić information content (AvgIpc) is 2.66. The minimum atomic E-state index is -3.24. The van der Waals surface area contributed by atoms with Crippen LogP contribution in [0.3, 0.4) is 0 Å². The Balaban J connectivity index is 2.30. The Hall–Kier alpha value is -0.430. The highest BCUT2D eigenvalue weighted by molar-refractivity contribution is 7.91. The highest BCUT2D eigenvalue weighted by Crippen LogP contribution is 2.25. The quantitative estimate of drug-likeness (QED) is 0.833. The summed E-state index contributed by atoms with van der Waals surface area (Å²) in [6, 6.07) is 1.85. The number of sulfonamides is 1. The molecule has 84 valence electrons. The van der Waals surface area contributed by atoms with Crippen LogP contribution in [0.2, 0.25) is 0 Å². The molecule has 1 fully saturated rings. The average molecular weight is 246 g/mol. The number of nitrogens with zero attached hydrogens (tertiary/aromatic N) is 1. The van der Waals surface area contributed by atoms with Gasteiger partial charge in [-0.25, -0.2) is 8.42 Å². The zero-order valence-corrected chi connectivity index (χ0v) is 10.2. The predicted octanol–water partition coefficient (Wildman–Crippen LogP) is 0.650. The molecule has 0 bridgehead atoms. The maximum absolute atomic E-state index is 12.2. The predicted molar refractivity (Wildman–Crippen MR) is 60.7 cm³/mol. The van der Waals surface area contributed by atoms with Crippen LogP contribution in [-0.2, 0) is 10.0 Å². The summed E-state index contributed by atoms with van der Waals surface area (Å²) < 4.78 is 26.4. The van der Waals surface area contributed by atoms with Gasteiger partial charge in [0.25, 0.3) is 10.0 Å². The molecule has 0 aromatic carbocycles. The molecule has 2 heterocycles. The number of aryl methyl sites for hydroxylation is 1.